The molecule has 0 spiro atoms. The quantitative estimate of drug-likeness (QED) is 0.776. The van der Waals surface area contributed by atoms with Crippen molar-refractivity contribution in [2.45, 2.75) is 40.7 Å². The molecule has 1 atom stereocenters. The van der Waals surface area contributed by atoms with E-state index in [4.69, 9.17) is 0 Å². The second kappa shape index (κ2) is 4.72. The Labute approximate surface area is 121 Å². The number of nitrogens with zero attached hydrogens (tertiary/aromatic N) is 1. The summed E-state index contributed by atoms with van der Waals surface area (Å²) in [6, 6.07) is 9.65. The molecule has 1 aliphatic heterocycles. The van der Waals surface area contributed by atoms with Gasteiger partial charge in [0.2, 0.25) is 5.91 Å². The molecule has 1 aromatic carbocycles. The topological polar surface area (TPSA) is 37.4 Å². The van der Waals surface area contributed by atoms with Gasteiger partial charge in [-0.2, -0.15) is 0 Å². The van der Waals surface area contributed by atoms with E-state index in [0.717, 1.165) is 5.56 Å². The zero-order valence-electron chi connectivity index (χ0n) is 12.9. The highest BCUT2D eigenvalue weighted by molar-refractivity contribution is 6.10. The summed E-state index contributed by atoms with van der Waals surface area (Å²) >= 11 is 0. The van der Waals surface area contributed by atoms with Crippen molar-refractivity contribution in [2.75, 3.05) is 6.54 Å². The number of hydrogen-bond acceptors (Lipinski definition) is 2. The van der Waals surface area contributed by atoms with E-state index in [0.29, 0.717) is 6.54 Å². The van der Waals surface area contributed by atoms with Crippen LogP contribution in [0.4, 0.5) is 0 Å². The van der Waals surface area contributed by atoms with Crippen LogP contribution in [0.2, 0.25) is 0 Å². The molecule has 1 fully saturated rings. The molecule has 20 heavy (non-hydrogen) atoms. The molecule has 1 amide bonds. The highest BCUT2D eigenvalue weighted by atomic mass is 16.2. The average molecular weight is 273 g/mol. The molecule has 2 rings (SSSR count). The van der Waals surface area contributed by atoms with Gasteiger partial charge in [0.1, 0.15) is 5.41 Å². The molecule has 3 heteroatoms. The van der Waals surface area contributed by atoms with Crippen molar-refractivity contribution in [1.82, 2.24) is 4.90 Å². The average Bonchev–Trinajstić information content (AvgIpc) is 2.42. The molecule has 1 aliphatic rings. The van der Waals surface area contributed by atoms with Crippen molar-refractivity contribution >= 4 is 11.7 Å². The number of amides is 1. The fraction of sp³-hybridized carbons (Fsp3) is 0.529. The number of piperidine rings is 1. The summed E-state index contributed by atoms with van der Waals surface area (Å²) in [5.74, 6) is -0.0493. The zero-order chi connectivity index (χ0) is 15.1. The number of Topliss-reactive ketones (excluding diaryl/α,β-unsaturated/α-hetero) is 1. The van der Waals surface area contributed by atoms with E-state index in [1.165, 1.54) is 0 Å². The first-order chi connectivity index (χ1) is 9.24. The molecule has 0 N–H and O–H groups in total. The van der Waals surface area contributed by atoms with E-state index in [1.54, 1.807) is 13.8 Å². The summed E-state index contributed by atoms with van der Waals surface area (Å²) in [5.41, 5.74) is -0.504. The smallest absolute Gasteiger partial charge is 0.236 e. The standard InChI is InChI=1S/C17H23NO2/c1-6-18-13(12-10-8-7-9-11-12)16(2,3)14(19)17(4,5)15(18)20/h7-11,13H,6H2,1-5H3. The molecule has 3 nitrogen and oxygen atoms in total. The largest absolute Gasteiger partial charge is 0.334 e. The van der Waals surface area contributed by atoms with Crippen LogP contribution in [0.3, 0.4) is 0 Å². The van der Waals surface area contributed by atoms with Crippen molar-refractivity contribution in [3.05, 3.63) is 35.9 Å². The second-order valence-corrected chi connectivity index (χ2v) is 6.58. The molecule has 0 radical (unpaired) electrons. The fourth-order valence-corrected chi connectivity index (χ4v) is 3.45. The van der Waals surface area contributed by atoms with E-state index in [-0.39, 0.29) is 17.7 Å². The first-order valence-corrected chi connectivity index (χ1v) is 7.15. The van der Waals surface area contributed by atoms with E-state index < -0.39 is 10.8 Å². The molecular formula is C17H23NO2. The summed E-state index contributed by atoms with van der Waals surface area (Å²) in [7, 11) is 0. The second-order valence-electron chi connectivity index (χ2n) is 6.58. The SMILES string of the molecule is CCN1C(=O)C(C)(C)C(=O)C(C)(C)C1c1ccccc1. The number of likely N-dealkylation sites (tertiary alicyclic amines) is 1. The molecular weight excluding hydrogens is 250 g/mol. The Kier molecular flexibility index (Phi) is 3.49. The van der Waals surface area contributed by atoms with Gasteiger partial charge in [-0.15, -0.1) is 0 Å². The maximum Gasteiger partial charge on any atom is 0.236 e. The van der Waals surface area contributed by atoms with Crippen LogP contribution in [-0.4, -0.2) is 23.1 Å². The van der Waals surface area contributed by atoms with Gasteiger partial charge in [0.05, 0.1) is 6.04 Å². The highest BCUT2D eigenvalue weighted by Crippen LogP contribution is 2.48. The maximum absolute atomic E-state index is 12.8. The van der Waals surface area contributed by atoms with Gasteiger partial charge in [0.15, 0.2) is 5.78 Å². The summed E-state index contributed by atoms with van der Waals surface area (Å²) in [6.45, 7) is 9.95. The first-order valence-electron chi connectivity index (χ1n) is 7.15. The third-order valence-corrected chi connectivity index (χ3v) is 4.40. The van der Waals surface area contributed by atoms with Gasteiger partial charge in [0, 0.05) is 12.0 Å². The van der Waals surface area contributed by atoms with Crippen molar-refractivity contribution in [1.29, 1.82) is 0 Å². The molecule has 108 valence electrons. The Balaban J connectivity index is 2.59. The van der Waals surface area contributed by atoms with Gasteiger partial charge in [-0.05, 0) is 26.3 Å². The predicted octanol–water partition coefficient (Wildman–Crippen LogP) is 3.21. The zero-order valence-corrected chi connectivity index (χ0v) is 12.9. The lowest BCUT2D eigenvalue weighted by molar-refractivity contribution is -0.166. The Hall–Kier alpha value is -1.64. The van der Waals surface area contributed by atoms with Gasteiger partial charge < -0.3 is 4.90 Å². The lowest BCUT2D eigenvalue weighted by atomic mass is 9.63. The predicted molar refractivity (Wildman–Crippen MR) is 79.1 cm³/mol. The molecule has 0 saturated carbocycles. The molecule has 1 unspecified atom stereocenters. The van der Waals surface area contributed by atoms with Crippen molar-refractivity contribution in [3.8, 4) is 0 Å². The van der Waals surface area contributed by atoms with Gasteiger partial charge in [-0.3, -0.25) is 9.59 Å². The van der Waals surface area contributed by atoms with Crippen LogP contribution in [0.5, 0.6) is 0 Å². The third-order valence-electron chi connectivity index (χ3n) is 4.40. The molecule has 0 aromatic heterocycles. The lowest BCUT2D eigenvalue weighted by Crippen LogP contribution is -2.60. The van der Waals surface area contributed by atoms with Crippen molar-refractivity contribution in [3.63, 3.8) is 0 Å². The van der Waals surface area contributed by atoms with Gasteiger partial charge >= 0.3 is 0 Å². The van der Waals surface area contributed by atoms with E-state index >= 15 is 0 Å². The van der Waals surface area contributed by atoms with E-state index in [1.807, 2.05) is 56.0 Å². The minimum absolute atomic E-state index is 0.0218. The van der Waals surface area contributed by atoms with Gasteiger partial charge in [0.25, 0.3) is 0 Å². The number of hydrogen-bond donors (Lipinski definition) is 0. The number of ketones is 1. The Bertz CT molecular complexity index is 531. The van der Waals surface area contributed by atoms with Crippen molar-refractivity contribution < 1.29 is 9.59 Å². The van der Waals surface area contributed by atoms with Crippen LogP contribution >= 0.6 is 0 Å². The summed E-state index contributed by atoms with van der Waals surface area (Å²) < 4.78 is 0. The van der Waals surface area contributed by atoms with Crippen LogP contribution in [0.25, 0.3) is 0 Å². The summed E-state index contributed by atoms with van der Waals surface area (Å²) in [4.78, 5) is 27.3. The van der Waals surface area contributed by atoms with Crippen LogP contribution in [-0.2, 0) is 9.59 Å². The molecule has 0 aliphatic carbocycles. The normalized spacial score (nSPS) is 24.9. The Morgan fingerprint density at radius 3 is 2.10 bits per heavy atom. The van der Waals surface area contributed by atoms with Gasteiger partial charge in [-0.1, -0.05) is 44.2 Å². The van der Waals surface area contributed by atoms with Crippen molar-refractivity contribution in [2.24, 2.45) is 10.8 Å². The van der Waals surface area contributed by atoms with Crippen LogP contribution in [0.1, 0.15) is 46.2 Å². The van der Waals surface area contributed by atoms with Crippen LogP contribution in [0.15, 0.2) is 30.3 Å². The number of carbonyl (C=O) groups excluding carboxylic acids is 2. The van der Waals surface area contributed by atoms with E-state index in [9.17, 15) is 9.59 Å². The van der Waals surface area contributed by atoms with E-state index in [2.05, 4.69) is 0 Å². The lowest BCUT2D eigenvalue weighted by Gasteiger charge is -2.50. The minimum atomic E-state index is -0.940. The monoisotopic (exact) mass is 273 g/mol. The van der Waals surface area contributed by atoms with Crippen LogP contribution in [0, 0.1) is 10.8 Å². The fourth-order valence-electron chi connectivity index (χ4n) is 3.45. The molecule has 0 bridgehead atoms. The number of benzene rings is 1. The maximum atomic E-state index is 12.8. The summed E-state index contributed by atoms with van der Waals surface area (Å²) in [6.07, 6.45) is 0. The van der Waals surface area contributed by atoms with Gasteiger partial charge in [-0.25, -0.2) is 0 Å². The highest BCUT2D eigenvalue weighted by Gasteiger charge is 2.56. The summed E-state index contributed by atoms with van der Waals surface area (Å²) in [5, 5.41) is 0. The third kappa shape index (κ3) is 1.96. The number of rotatable bonds is 2. The molecule has 1 aromatic rings. The van der Waals surface area contributed by atoms with Crippen LogP contribution < -0.4 is 0 Å². The first kappa shape index (κ1) is 14.8. The molecule has 1 saturated heterocycles. The Morgan fingerprint density at radius 1 is 1.05 bits per heavy atom. The molecule has 1 heterocycles. The number of carbonyl (C=O) groups is 2. The minimum Gasteiger partial charge on any atom is -0.334 e. The Morgan fingerprint density at radius 2 is 1.60 bits per heavy atom.